The highest BCUT2D eigenvalue weighted by Gasteiger charge is 2.41. The Balaban J connectivity index is 0.00000192. The summed E-state index contributed by atoms with van der Waals surface area (Å²) in [5, 5.41) is 6.98. The molecule has 4 unspecified atom stereocenters. The van der Waals surface area contributed by atoms with Gasteiger partial charge in [-0.15, -0.1) is 24.0 Å². The molecule has 3 rings (SSSR count). The summed E-state index contributed by atoms with van der Waals surface area (Å²) < 4.78 is 5.89. The summed E-state index contributed by atoms with van der Waals surface area (Å²) in [4.78, 5) is 4.35. The maximum absolute atomic E-state index is 5.89. The minimum atomic E-state index is 0. The summed E-state index contributed by atoms with van der Waals surface area (Å²) in [7, 11) is 1.83. The summed E-state index contributed by atoms with van der Waals surface area (Å²) in [6, 6.07) is 9.18. The van der Waals surface area contributed by atoms with E-state index in [2.05, 4.69) is 53.7 Å². The van der Waals surface area contributed by atoms with Crippen LogP contribution in [-0.4, -0.2) is 37.8 Å². The van der Waals surface area contributed by atoms with Crippen molar-refractivity contribution in [2.24, 2.45) is 4.99 Å². The Bertz CT molecular complexity index is 532. The van der Waals surface area contributed by atoms with Crippen molar-refractivity contribution in [3.63, 3.8) is 0 Å². The molecule has 4 nitrogen and oxygen atoms in total. The van der Waals surface area contributed by atoms with E-state index >= 15 is 0 Å². The summed E-state index contributed by atoms with van der Waals surface area (Å²) >= 11 is 0. The quantitative estimate of drug-likeness (QED) is 0.439. The van der Waals surface area contributed by atoms with E-state index in [4.69, 9.17) is 4.74 Å². The molecule has 0 aromatic heterocycles. The first-order valence-electron chi connectivity index (χ1n) is 8.35. The van der Waals surface area contributed by atoms with Crippen LogP contribution in [0.1, 0.15) is 43.2 Å². The number of aliphatic imine (C=N–C) groups is 1. The maximum atomic E-state index is 5.89. The fraction of sp³-hybridized carbons (Fsp3) is 0.611. The fourth-order valence-electron chi connectivity index (χ4n) is 3.42. The smallest absolute Gasteiger partial charge is 0.191 e. The Labute approximate surface area is 156 Å². The fourth-order valence-corrected chi connectivity index (χ4v) is 3.42. The second-order valence-electron chi connectivity index (χ2n) is 6.63. The largest absolute Gasteiger partial charge is 0.373 e. The predicted molar refractivity (Wildman–Crippen MR) is 106 cm³/mol. The number of guanidine groups is 1. The van der Waals surface area contributed by atoms with Gasteiger partial charge in [-0.1, -0.05) is 36.8 Å². The molecule has 23 heavy (non-hydrogen) atoms. The van der Waals surface area contributed by atoms with Crippen LogP contribution in [0.25, 0.3) is 0 Å². The third-order valence-electron chi connectivity index (χ3n) is 4.87. The molecule has 5 heteroatoms. The Hall–Kier alpha value is -0.820. The number of nitrogens with zero attached hydrogens (tertiary/aromatic N) is 1. The second-order valence-corrected chi connectivity index (χ2v) is 6.63. The summed E-state index contributed by atoms with van der Waals surface area (Å²) in [5.41, 5.74) is 2.66. The van der Waals surface area contributed by atoms with Crippen LogP contribution in [0.2, 0.25) is 0 Å². The first kappa shape index (κ1) is 18.5. The molecule has 2 N–H and O–H groups in total. The normalized spacial score (nSPS) is 27.4. The molecule has 2 bridgehead atoms. The van der Waals surface area contributed by atoms with Gasteiger partial charge in [-0.3, -0.25) is 4.99 Å². The summed E-state index contributed by atoms with van der Waals surface area (Å²) in [5.74, 6) is 1.34. The molecule has 2 aliphatic heterocycles. The van der Waals surface area contributed by atoms with Crippen molar-refractivity contribution < 1.29 is 4.74 Å². The first-order chi connectivity index (χ1) is 10.7. The zero-order chi connectivity index (χ0) is 15.5. The van der Waals surface area contributed by atoms with Gasteiger partial charge in [0.2, 0.25) is 0 Å². The van der Waals surface area contributed by atoms with Crippen molar-refractivity contribution in [2.75, 3.05) is 13.6 Å². The van der Waals surface area contributed by atoms with E-state index in [9.17, 15) is 0 Å². The number of nitrogens with one attached hydrogen (secondary N) is 2. The molecule has 0 amide bonds. The van der Waals surface area contributed by atoms with Gasteiger partial charge in [0, 0.05) is 13.6 Å². The van der Waals surface area contributed by atoms with Gasteiger partial charge in [0.1, 0.15) is 0 Å². The van der Waals surface area contributed by atoms with Crippen LogP contribution >= 0.6 is 24.0 Å². The van der Waals surface area contributed by atoms with Crippen molar-refractivity contribution in [1.82, 2.24) is 10.6 Å². The van der Waals surface area contributed by atoms with Crippen molar-refractivity contribution in [3.05, 3.63) is 35.4 Å². The van der Waals surface area contributed by atoms with E-state index < -0.39 is 0 Å². The van der Waals surface area contributed by atoms with Crippen LogP contribution < -0.4 is 10.6 Å². The molecule has 0 spiro atoms. The van der Waals surface area contributed by atoms with Gasteiger partial charge in [0.05, 0.1) is 18.2 Å². The number of aryl methyl sites for hydroxylation is 1. The van der Waals surface area contributed by atoms with Crippen LogP contribution in [0.15, 0.2) is 29.3 Å². The third-order valence-corrected chi connectivity index (χ3v) is 4.87. The third kappa shape index (κ3) is 4.59. The van der Waals surface area contributed by atoms with Gasteiger partial charge in [-0.2, -0.15) is 0 Å². The maximum Gasteiger partial charge on any atom is 0.191 e. The van der Waals surface area contributed by atoms with Gasteiger partial charge in [-0.05, 0) is 37.7 Å². The van der Waals surface area contributed by atoms with E-state index in [0.29, 0.717) is 24.2 Å². The minimum Gasteiger partial charge on any atom is -0.373 e. The Morgan fingerprint density at radius 2 is 2.04 bits per heavy atom. The van der Waals surface area contributed by atoms with Crippen molar-refractivity contribution in [3.8, 4) is 0 Å². The molecule has 2 aliphatic rings. The Morgan fingerprint density at radius 3 is 2.61 bits per heavy atom. The number of halogens is 1. The number of hydrogen-bond donors (Lipinski definition) is 2. The van der Waals surface area contributed by atoms with Crippen molar-refractivity contribution >= 4 is 29.9 Å². The van der Waals surface area contributed by atoms with E-state index in [0.717, 1.165) is 18.9 Å². The van der Waals surface area contributed by atoms with E-state index in [1.165, 1.54) is 24.0 Å². The zero-order valence-corrected chi connectivity index (χ0v) is 16.5. The average molecular weight is 429 g/mol. The molecule has 2 saturated heterocycles. The summed E-state index contributed by atoms with van der Waals surface area (Å²) in [6.45, 7) is 5.24. The summed E-state index contributed by atoms with van der Waals surface area (Å²) in [6.07, 6.45) is 4.35. The van der Waals surface area contributed by atoms with E-state index in [1.54, 1.807) is 0 Å². The number of rotatable bonds is 4. The lowest BCUT2D eigenvalue weighted by Crippen LogP contribution is -2.48. The number of benzene rings is 1. The van der Waals surface area contributed by atoms with Crippen LogP contribution in [0, 0.1) is 6.92 Å². The lowest BCUT2D eigenvalue weighted by molar-refractivity contribution is 0.0992. The van der Waals surface area contributed by atoms with Crippen molar-refractivity contribution in [1.29, 1.82) is 0 Å². The molecule has 4 atom stereocenters. The van der Waals surface area contributed by atoms with Gasteiger partial charge < -0.3 is 15.4 Å². The van der Waals surface area contributed by atoms with Gasteiger partial charge in [0.15, 0.2) is 5.96 Å². The van der Waals surface area contributed by atoms with Crippen LogP contribution in [0.4, 0.5) is 0 Å². The topological polar surface area (TPSA) is 45.7 Å². The highest BCUT2D eigenvalue weighted by Crippen LogP contribution is 2.34. The Kier molecular flexibility index (Phi) is 6.71. The molecule has 0 radical (unpaired) electrons. The molecular formula is C18H28IN3O. The molecule has 1 aromatic carbocycles. The Morgan fingerprint density at radius 1 is 1.30 bits per heavy atom. The van der Waals surface area contributed by atoms with Crippen LogP contribution in [-0.2, 0) is 4.74 Å². The van der Waals surface area contributed by atoms with Gasteiger partial charge in [-0.25, -0.2) is 0 Å². The number of ether oxygens (including phenoxy) is 1. The average Bonchev–Trinajstić information content (AvgIpc) is 3.14. The highest BCUT2D eigenvalue weighted by atomic mass is 127. The number of hydrogen-bond acceptors (Lipinski definition) is 2. The standard InChI is InChI=1S/C18H27N3O.HI/c1-12-4-6-14(7-5-12)13(2)11-20-18(19-3)21-16-10-15-8-9-17(16)22-15;/h4-7,13,15-17H,8-11H2,1-3H3,(H2,19,20,21);1H. The second kappa shape index (κ2) is 8.33. The number of fused-ring (bicyclic) bond motifs is 2. The van der Waals surface area contributed by atoms with Gasteiger partial charge >= 0.3 is 0 Å². The zero-order valence-electron chi connectivity index (χ0n) is 14.2. The van der Waals surface area contributed by atoms with E-state index in [-0.39, 0.29) is 24.0 Å². The van der Waals surface area contributed by atoms with E-state index in [1.807, 2.05) is 7.05 Å². The lowest BCUT2D eigenvalue weighted by atomic mass is 9.96. The molecule has 128 valence electrons. The lowest BCUT2D eigenvalue weighted by Gasteiger charge is -2.23. The predicted octanol–water partition coefficient (Wildman–Crippen LogP) is 3.20. The van der Waals surface area contributed by atoms with Crippen molar-refractivity contribution in [2.45, 2.75) is 57.3 Å². The SMILES string of the molecule is CN=C(NCC(C)c1ccc(C)cc1)NC1CC2CCC1O2.I. The molecule has 1 aromatic rings. The first-order valence-corrected chi connectivity index (χ1v) is 8.35. The molecular weight excluding hydrogens is 401 g/mol. The highest BCUT2D eigenvalue weighted by molar-refractivity contribution is 14.0. The molecule has 0 saturated carbocycles. The molecule has 2 fully saturated rings. The molecule has 2 heterocycles. The van der Waals surface area contributed by atoms with Crippen LogP contribution in [0.3, 0.4) is 0 Å². The van der Waals surface area contributed by atoms with Crippen LogP contribution in [0.5, 0.6) is 0 Å². The minimum absolute atomic E-state index is 0. The van der Waals surface area contributed by atoms with Gasteiger partial charge in [0.25, 0.3) is 0 Å². The monoisotopic (exact) mass is 429 g/mol. The molecule has 0 aliphatic carbocycles.